The fourth-order valence-electron chi connectivity index (χ4n) is 1.58. The minimum absolute atomic E-state index is 0.0446. The van der Waals surface area contributed by atoms with Crippen LogP contribution in [0.1, 0.15) is 12.0 Å². The van der Waals surface area contributed by atoms with E-state index in [1.165, 1.54) is 7.11 Å². The summed E-state index contributed by atoms with van der Waals surface area (Å²) in [6.07, 6.45) is -4.94. The predicted octanol–water partition coefficient (Wildman–Crippen LogP) is 2.66. The number of anilines is 1. The van der Waals surface area contributed by atoms with E-state index >= 15 is 0 Å². The van der Waals surface area contributed by atoms with Crippen molar-refractivity contribution in [3.63, 3.8) is 0 Å². The van der Waals surface area contributed by atoms with Gasteiger partial charge in [-0.25, -0.2) is 0 Å². The second-order valence-electron chi connectivity index (χ2n) is 4.17. The summed E-state index contributed by atoms with van der Waals surface area (Å²) in [6, 6.07) is 5.13. The number of rotatable bonds is 5. The van der Waals surface area contributed by atoms with Gasteiger partial charge >= 0.3 is 6.18 Å². The van der Waals surface area contributed by atoms with Gasteiger partial charge in [0.05, 0.1) is 13.5 Å². The average molecular weight is 262 g/mol. The number of hydrogen-bond acceptors (Lipinski definition) is 3. The molecule has 1 rings (SSSR count). The molecular formula is C12H17F3N2O. The lowest BCUT2D eigenvalue weighted by Gasteiger charge is -2.19. The van der Waals surface area contributed by atoms with Gasteiger partial charge in [0.1, 0.15) is 5.75 Å². The zero-order valence-corrected chi connectivity index (χ0v) is 10.4. The Bertz CT molecular complexity index is 393. The van der Waals surface area contributed by atoms with Gasteiger partial charge < -0.3 is 15.4 Å². The van der Waals surface area contributed by atoms with Gasteiger partial charge in [0.2, 0.25) is 0 Å². The summed E-state index contributed by atoms with van der Waals surface area (Å²) in [6.45, 7) is 0.344. The van der Waals surface area contributed by atoms with Gasteiger partial charge in [-0.05, 0) is 13.1 Å². The Hall–Kier alpha value is -1.43. The Morgan fingerprint density at radius 2 is 2.00 bits per heavy atom. The highest BCUT2D eigenvalue weighted by Crippen LogP contribution is 2.24. The molecule has 0 unspecified atom stereocenters. The van der Waals surface area contributed by atoms with Crippen molar-refractivity contribution in [3.05, 3.63) is 23.8 Å². The number of benzene rings is 1. The van der Waals surface area contributed by atoms with Crippen LogP contribution in [0.3, 0.4) is 0 Å². The molecule has 6 heteroatoms. The summed E-state index contributed by atoms with van der Waals surface area (Å²) in [5, 5.41) is 0. The molecule has 0 spiro atoms. The minimum atomic E-state index is -4.13. The molecule has 0 bridgehead atoms. The first-order chi connectivity index (χ1) is 8.31. The van der Waals surface area contributed by atoms with Gasteiger partial charge in [0.15, 0.2) is 0 Å². The highest BCUT2D eigenvalue weighted by molar-refractivity contribution is 5.48. The molecule has 0 saturated carbocycles. The molecule has 0 fully saturated rings. The lowest BCUT2D eigenvalue weighted by molar-refractivity contribution is -0.137. The van der Waals surface area contributed by atoms with E-state index in [2.05, 4.69) is 0 Å². The van der Waals surface area contributed by atoms with Crippen LogP contribution < -0.4 is 10.5 Å². The third kappa shape index (κ3) is 4.83. The van der Waals surface area contributed by atoms with Crippen molar-refractivity contribution in [2.24, 2.45) is 0 Å². The Labute approximate surface area is 104 Å². The number of alkyl halides is 3. The summed E-state index contributed by atoms with van der Waals surface area (Å²) in [7, 11) is 3.15. The Morgan fingerprint density at radius 1 is 1.33 bits per heavy atom. The molecule has 0 atom stereocenters. The molecule has 2 N–H and O–H groups in total. The molecule has 0 aliphatic heterocycles. The highest BCUT2D eigenvalue weighted by Gasteiger charge is 2.27. The largest absolute Gasteiger partial charge is 0.496 e. The van der Waals surface area contributed by atoms with Gasteiger partial charge in [0.25, 0.3) is 0 Å². The van der Waals surface area contributed by atoms with Crippen LogP contribution >= 0.6 is 0 Å². The fraction of sp³-hybridized carbons (Fsp3) is 0.500. The van der Waals surface area contributed by atoms with E-state index in [0.717, 1.165) is 5.56 Å². The SMILES string of the molecule is COc1cc(N)ccc1CN(C)CCC(F)(F)F. The molecule has 0 radical (unpaired) electrons. The number of nitrogens with zero attached hydrogens (tertiary/aromatic N) is 1. The summed E-state index contributed by atoms with van der Waals surface area (Å²) < 4.78 is 41.4. The van der Waals surface area contributed by atoms with E-state index in [0.29, 0.717) is 18.0 Å². The number of nitrogens with two attached hydrogens (primary N) is 1. The van der Waals surface area contributed by atoms with Gasteiger partial charge in [-0.15, -0.1) is 0 Å². The summed E-state index contributed by atoms with van der Waals surface area (Å²) in [5.74, 6) is 0.592. The maximum Gasteiger partial charge on any atom is 0.390 e. The maximum atomic E-state index is 12.1. The van der Waals surface area contributed by atoms with Crippen LogP contribution in [0.2, 0.25) is 0 Å². The normalized spacial score (nSPS) is 11.9. The Balaban J connectivity index is 2.61. The molecule has 0 heterocycles. The first-order valence-corrected chi connectivity index (χ1v) is 5.49. The molecule has 1 aromatic rings. The Morgan fingerprint density at radius 3 is 2.56 bits per heavy atom. The standard InChI is InChI=1S/C12H17F3N2O/c1-17(6-5-12(13,14)15)8-9-3-4-10(16)7-11(9)18-2/h3-4,7H,5-6,8,16H2,1-2H3. The van der Waals surface area contributed by atoms with Crippen LogP contribution in [-0.4, -0.2) is 31.8 Å². The molecule has 102 valence electrons. The number of halogens is 3. The zero-order chi connectivity index (χ0) is 13.8. The maximum absolute atomic E-state index is 12.1. The molecule has 0 aliphatic carbocycles. The minimum Gasteiger partial charge on any atom is -0.496 e. The third-order valence-electron chi connectivity index (χ3n) is 2.53. The molecule has 3 nitrogen and oxygen atoms in total. The molecular weight excluding hydrogens is 245 g/mol. The zero-order valence-electron chi connectivity index (χ0n) is 10.4. The number of hydrogen-bond donors (Lipinski definition) is 1. The molecule has 0 saturated heterocycles. The molecule has 1 aromatic carbocycles. The predicted molar refractivity (Wildman–Crippen MR) is 64.4 cm³/mol. The molecule has 0 aliphatic rings. The van der Waals surface area contributed by atoms with Crippen molar-refractivity contribution in [2.75, 3.05) is 26.4 Å². The van der Waals surface area contributed by atoms with Crippen molar-refractivity contribution in [2.45, 2.75) is 19.1 Å². The van der Waals surface area contributed by atoms with Gasteiger partial charge in [0, 0.05) is 30.4 Å². The van der Waals surface area contributed by atoms with E-state index in [9.17, 15) is 13.2 Å². The van der Waals surface area contributed by atoms with Crippen LogP contribution in [0, 0.1) is 0 Å². The first kappa shape index (κ1) is 14.6. The van der Waals surface area contributed by atoms with Crippen molar-refractivity contribution in [1.29, 1.82) is 0 Å². The molecule has 18 heavy (non-hydrogen) atoms. The first-order valence-electron chi connectivity index (χ1n) is 5.49. The number of methoxy groups -OCH3 is 1. The van der Waals surface area contributed by atoms with Gasteiger partial charge in [-0.1, -0.05) is 6.07 Å². The van der Waals surface area contributed by atoms with E-state index in [1.807, 2.05) is 0 Å². The van der Waals surface area contributed by atoms with Crippen molar-refractivity contribution in [1.82, 2.24) is 4.90 Å². The second-order valence-corrected chi connectivity index (χ2v) is 4.17. The highest BCUT2D eigenvalue weighted by atomic mass is 19.4. The lowest BCUT2D eigenvalue weighted by Crippen LogP contribution is -2.24. The van der Waals surface area contributed by atoms with E-state index in [-0.39, 0.29) is 6.54 Å². The van der Waals surface area contributed by atoms with Crippen LogP contribution in [0.25, 0.3) is 0 Å². The number of nitrogen functional groups attached to an aromatic ring is 1. The van der Waals surface area contributed by atoms with Crippen molar-refractivity contribution < 1.29 is 17.9 Å². The smallest absolute Gasteiger partial charge is 0.390 e. The van der Waals surface area contributed by atoms with Gasteiger partial charge in [-0.3, -0.25) is 0 Å². The quantitative estimate of drug-likeness (QED) is 0.829. The molecule has 0 amide bonds. The fourth-order valence-corrected chi connectivity index (χ4v) is 1.58. The van der Waals surface area contributed by atoms with E-state index in [4.69, 9.17) is 10.5 Å². The number of ether oxygens (including phenoxy) is 1. The topological polar surface area (TPSA) is 38.5 Å². The third-order valence-corrected chi connectivity index (χ3v) is 2.53. The summed E-state index contributed by atoms with van der Waals surface area (Å²) >= 11 is 0. The van der Waals surface area contributed by atoms with E-state index < -0.39 is 12.6 Å². The van der Waals surface area contributed by atoms with Crippen molar-refractivity contribution >= 4 is 5.69 Å². The summed E-state index contributed by atoms with van der Waals surface area (Å²) in [4.78, 5) is 1.60. The van der Waals surface area contributed by atoms with Crippen LogP contribution in [0.4, 0.5) is 18.9 Å². The van der Waals surface area contributed by atoms with Gasteiger partial charge in [-0.2, -0.15) is 13.2 Å². The molecule has 0 aromatic heterocycles. The van der Waals surface area contributed by atoms with Crippen LogP contribution in [0.5, 0.6) is 5.75 Å². The average Bonchev–Trinajstić information content (AvgIpc) is 2.28. The Kier molecular flexibility index (Phi) is 4.84. The second kappa shape index (κ2) is 5.95. The van der Waals surface area contributed by atoms with E-state index in [1.54, 1.807) is 30.1 Å². The van der Waals surface area contributed by atoms with Crippen LogP contribution in [0.15, 0.2) is 18.2 Å². The monoisotopic (exact) mass is 262 g/mol. The summed E-state index contributed by atoms with van der Waals surface area (Å²) in [5.41, 5.74) is 6.99. The lowest BCUT2D eigenvalue weighted by atomic mass is 10.1. The van der Waals surface area contributed by atoms with Crippen molar-refractivity contribution in [3.8, 4) is 5.75 Å². The van der Waals surface area contributed by atoms with Crippen LogP contribution in [-0.2, 0) is 6.54 Å².